The molecule has 0 bridgehead atoms. The Bertz CT molecular complexity index is 522. The molecule has 0 aliphatic heterocycles. The Morgan fingerprint density at radius 3 is 2.61 bits per heavy atom. The van der Waals surface area contributed by atoms with Gasteiger partial charge in [0.2, 0.25) is 0 Å². The molecule has 0 spiro atoms. The minimum Gasteiger partial charge on any atom is -0.391 e. The Morgan fingerprint density at radius 2 is 2.00 bits per heavy atom. The molecule has 1 heterocycles. The van der Waals surface area contributed by atoms with Crippen LogP contribution in [0, 0.1) is 6.92 Å². The van der Waals surface area contributed by atoms with E-state index in [9.17, 15) is 5.11 Å². The van der Waals surface area contributed by atoms with Gasteiger partial charge in [0.05, 0.1) is 12.6 Å². The zero-order valence-electron chi connectivity index (χ0n) is 10.5. The number of rotatable bonds is 4. The monoisotopic (exact) mass is 265 g/mol. The number of aryl methyl sites for hydroxylation is 1. The lowest BCUT2D eigenvalue weighted by Crippen LogP contribution is -2.16. The first-order chi connectivity index (χ1) is 8.60. The fourth-order valence-corrected chi connectivity index (χ4v) is 1.77. The van der Waals surface area contributed by atoms with Crippen molar-refractivity contribution in [3.8, 4) is 11.4 Å². The number of hydrogen-bond acceptors (Lipinski definition) is 3. The molecule has 0 radical (unpaired) electrons. The van der Waals surface area contributed by atoms with Gasteiger partial charge in [-0.3, -0.25) is 0 Å². The number of aliphatic hydroxyl groups is 1. The minimum absolute atomic E-state index is 0.386. The lowest BCUT2D eigenvalue weighted by atomic mass is 10.2. The van der Waals surface area contributed by atoms with Crippen LogP contribution >= 0.6 is 11.6 Å². The highest BCUT2D eigenvalue weighted by molar-refractivity contribution is 6.30. The van der Waals surface area contributed by atoms with E-state index in [4.69, 9.17) is 11.6 Å². The normalized spacial score (nSPS) is 12.7. The summed E-state index contributed by atoms with van der Waals surface area (Å²) in [4.78, 5) is 4.40. The third kappa shape index (κ3) is 2.89. The number of benzene rings is 1. The van der Waals surface area contributed by atoms with Crippen LogP contribution in [0.25, 0.3) is 11.4 Å². The quantitative estimate of drug-likeness (QED) is 0.925. The van der Waals surface area contributed by atoms with Crippen LogP contribution in [0.5, 0.6) is 0 Å². The van der Waals surface area contributed by atoms with Crippen LogP contribution in [0.15, 0.2) is 24.3 Å². The van der Waals surface area contributed by atoms with Crippen LogP contribution in [0.3, 0.4) is 0 Å². The van der Waals surface area contributed by atoms with Crippen molar-refractivity contribution >= 4 is 11.6 Å². The van der Waals surface area contributed by atoms with Gasteiger partial charge in [0.15, 0.2) is 5.82 Å². The van der Waals surface area contributed by atoms with Crippen LogP contribution in [-0.4, -0.2) is 26.0 Å². The summed E-state index contributed by atoms with van der Waals surface area (Å²) in [5.74, 6) is 1.46. The predicted molar refractivity (Wildman–Crippen MR) is 71.5 cm³/mol. The zero-order chi connectivity index (χ0) is 13.1. The van der Waals surface area contributed by atoms with Gasteiger partial charge in [0, 0.05) is 10.6 Å². The highest BCUT2D eigenvalue weighted by Gasteiger charge is 2.10. The predicted octanol–water partition coefficient (Wildman–Crippen LogP) is 2.68. The Hall–Kier alpha value is -1.39. The largest absolute Gasteiger partial charge is 0.391 e. The fraction of sp³-hybridized carbons (Fsp3) is 0.385. The smallest absolute Gasteiger partial charge is 0.181 e. The summed E-state index contributed by atoms with van der Waals surface area (Å²) >= 11 is 5.84. The molecule has 0 fully saturated rings. The molecule has 1 unspecified atom stereocenters. The van der Waals surface area contributed by atoms with Gasteiger partial charge in [-0.25, -0.2) is 9.67 Å². The van der Waals surface area contributed by atoms with Crippen molar-refractivity contribution in [2.24, 2.45) is 0 Å². The zero-order valence-corrected chi connectivity index (χ0v) is 11.2. The molecule has 0 saturated heterocycles. The third-order valence-corrected chi connectivity index (χ3v) is 3.07. The molecule has 0 aliphatic carbocycles. The molecule has 2 rings (SSSR count). The van der Waals surface area contributed by atoms with E-state index >= 15 is 0 Å². The average Bonchev–Trinajstić information content (AvgIpc) is 2.71. The second-order valence-corrected chi connectivity index (χ2v) is 4.67. The number of halogens is 1. The van der Waals surface area contributed by atoms with E-state index in [1.54, 1.807) is 4.68 Å². The van der Waals surface area contributed by atoms with Crippen molar-refractivity contribution in [2.75, 3.05) is 0 Å². The maximum atomic E-state index is 9.65. The molecule has 4 nitrogen and oxygen atoms in total. The Labute approximate surface area is 111 Å². The van der Waals surface area contributed by atoms with Gasteiger partial charge in [0.1, 0.15) is 5.82 Å². The van der Waals surface area contributed by atoms with Crippen LogP contribution in [-0.2, 0) is 6.54 Å². The molecular formula is C13H16ClN3O. The van der Waals surface area contributed by atoms with Crippen LogP contribution in [0.2, 0.25) is 5.02 Å². The van der Waals surface area contributed by atoms with Crippen molar-refractivity contribution in [1.82, 2.24) is 14.8 Å². The highest BCUT2D eigenvalue weighted by Crippen LogP contribution is 2.18. The molecule has 1 aromatic heterocycles. The van der Waals surface area contributed by atoms with Crippen molar-refractivity contribution < 1.29 is 5.11 Å². The van der Waals surface area contributed by atoms with E-state index in [1.807, 2.05) is 38.1 Å². The van der Waals surface area contributed by atoms with Gasteiger partial charge in [0.25, 0.3) is 0 Å². The van der Waals surface area contributed by atoms with E-state index in [-0.39, 0.29) is 6.10 Å². The van der Waals surface area contributed by atoms with Gasteiger partial charge in [-0.15, -0.1) is 0 Å². The van der Waals surface area contributed by atoms with Crippen LogP contribution in [0.1, 0.15) is 19.2 Å². The van der Waals surface area contributed by atoms with Gasteiger partial charge in [-0.05, 0) is 37.6 Å². The first kappa shape index (κ1) is 13.1. The van der Waals surface area contributed by atoms with E-state index in [0.717, 1.165) is 11.4 Å². The second kappa shape index (κ2) is 5.50. The molecule has 96 valence electrons. The van der Waals surface area contributed by atoms with E-state index in [0.29, 0.717) is 23.8 Å². The minimum atomic E-state index is -0.386. The molecule has 2 aromatic rings. The third-order valence-electron chi connectivity index (χ3n) is 2.81. The topological polar surface area (TPSA) is 50.9 Å². The second-order valence-electron chi connectivity index (χ2n) is 4.23. The molecule has 1 aromatic carbocycles. The molecular weight excluding hydrogens is 250 g/mol. The lowest BCUT2D eigenvalue weighted by Gasteiger charge is -2.07. The summed E-state index contributed by atoms with van der Waals surface area (Å²) in [6.07, 6.45) is 0.318. The summed E-state index contributed by atoms with van der Waals surface area (Å²) in [6, 6.07) is 7.40. The molecule has 5 heteroatoms. The number of hydrogen-bond donors (Lipinski definition) is 1. The molecule has 1 atom stereocenters. The van der Waals surface area contributed by atoms with E-state index in [1.165, 1.54) is 0 Å². The SMILES string of the molecule is CCC(O)Cn1nc(-c2ccc(Cl)cc2)nc1C. The summed E-state index contributed by atoms with van der Waals surface area (Å²) in [5.41, 5.74) is 0.923. The standard InChI is InChI=1S/C13H16ClN3O/c1-3-12(18)8-17-9(2)15-13(16-17)10-4-6-11(14)7-5-10/h4-7,12,18H,3,8H2,1-2H3. The maximum absolute atomic E-state index is 9.65. The molecule has 18 heavy (non-hydrogen) atoms. The average molecular weight is 266 g/mol. The fourth-order valence-electron chi connectivity index (χ4n) is 1.64. The number of aliphatic hydroxyl groups excluding tert-OH is 1. The van der Waals surface area contributed by atoms with Crippen molar-refractivity contribution in [3.63, 3.8) is 0 Å². The van der Waals surface area contributed by atoms with E-state index in [2.05, 4.69) is 10.1 Å². The Balaban J connectivity index is 2.25. The van der Waals surface area contributed by atoms with Crippen molar-refractivity contribution in [3.05, 3.63) is 35.1 Å². The number of nitrogens with zero attached hydrogens (tertiary/aromatic N) is 3. The van der Waals surface area contributed by atoms with Gasteiger partial charge in [-0.2, -0.15) is 5.10 Å². The summed E-state index contributed by atoms with van der Waals surface area (Å²) in [5, 5.41) is 14.7. The van der Waals surface area contributed by atoms with E-state index < -0.39 is 0 Å². The highest BCUT2D eigenvalue weighted by atomic mass is 35.5. The molecule has 0 amide bonds. The Morgan fingerprint density at radius 1 is 1.33 bits per heavy atom. The van der Waals surface area contributed by atoms with Crippen LogP contribution in [0.4, 0.5) is 0 Å². The summed E-state index contributed by atoms with van der Waals surface area (Å²) in [6.45, 7) is 4.30. The van der Waals surface area contributed by atoms with Crippen molar-refractivity contribution in [2.45, 2.75) is 32.9 Å². The molecule has 0 saturated carbocycles. The molecule has 0 aliphatic rings. The van der Waals surface area contributed by atoms with Crippen molar-refractivity contribution in [1.29, 1.82) is 0 Å². The lowest BCUT2D eigenvalue weighted by molar-refractivity contribution is 0.144. The van der Waals surface area contributed by atoms with Gasteiger partial charge < -0.3 is 5.11 Å². The maximum Gasteiger partial charge on any atom is 0.181 e. The van der Waals surface area contributed by atoms with Crippen LogP contribution < -0.4 is 0 Å². The number of aromatic nitrogens is 3. The first-order valence-corrected chi connectivity index (χ1v) is 6.33. The molecule has 1 N–H and O–H groups in total. The summed E-state index contributed by atoms with van der Waals surface area (Å²) in [7, 11) is 0. The summed E-state index contributed by atoms with van der Waals surface area (Å²) < 4.78 is 1.73. The van der Waals surface area contributed by atoms with Gasteiger partial charge >= 0.3 is 0 Å². The first-order valence-electron chi connectivity index (χ1n) is 5.95. The Kier molecular flexibility index (Phi) is 3.99. The van der Waals surface area contributed by atoms with Gasteiger partial charge in [-0.1, -0.05) is 18.5 Å².